The third-order valence-corrected chi connectivity index (χ3v) is 2.89. The van der Waals surface area contributed by atoms with Crippen LogP contribution in [0, 0.1) is 5.92 Å². The number of amides is 1. The molecule has 0 saturated carbocycles. The first kappa shape index (κ1) is 15.5. The number of nitrogens with zero attached hydrogens (tertiary/aromatic N) is 1. The minimum absolute atomic E-state index is 0.0476. The standard InChI is InChI=1S/C15H25N3O/c1-4-16-14-13(9-7-11-17-14)15(19)18-10-6-5-8-12(2)3/h7,9,11-12H,4-6,8,10H2,1-3H3,(H,16,17)(H,18,19). The molecular weight excluding hydrogens is 238 g/mol. The average Bonchev–Trinajstić information content (AvgIpc) is 2.39. The van der Waals surface area contributed by atoms with Gasteiger partial charge in [-0.1, -0.05) is 26.7 Å². The molecule has 0 saturated heterocycles. The molecule has 106 valence electrons. The van der Waals surface area contributed by atoms with Gasteiger partial charge in [-0.15, -0.1) is 0 Å². The number of unbranched alkanes of at least 4 members (excludes halogenated alkanes) is 1. The fourth-order valence-electron chi connectivity index (χ4n) is 1.87. The number of carbonyl (C=O) groups excluding carboxylic acids is 1. The minimum Gasteiger partial charge on any atom is -0.370 e. The molecule has 0 spiro atoms. The van der Waals surface area contributed by atoms with Gasteiger partial charge in [0.1, 0.15) is 5.82 Å². The van der Waals surface area contributed by atoms with Crippen LogP contribution in [0.2, 0.25) is 0 Å². The highest BCUT2D eigenvalue weighted by atomic mass is 16.1. The van der Waals surface area contributed by atoms with E-state index >= 15 is 0 Å². The van der Waals surface area contributed by atoms with Crippen LogP contribution in [-0.4, -0.2) is 24.0 Å². The van der Waals surface area contributed by atoms with Crippen molar-refractivity contribution in [2.45, 2.75) is 40.0 Å². The Labute approximate surface area is 116 Å². The van der Waals surface area contributed by atoms with E-state index in [1.165, 1.54) is 6.42 Å². The normalized spacial score (nSPS) is 10.5. The third kappa shape index (κ3) is 5.73. The molecule has 0 radical (unpaired) electrons. The maximum Gasteiger partial charge on any atom is 0.255 e. The molecule has 1 heterocycles. The molecule has 0 atom stereocenters. The molecule has 1 amide bonds. The van der Waals surface area contributed by atoms with E-state index in [1.807, 2.05) is 6.92 Å². The van der Waals surface area contributed by atoms with Gasteiger partial charge in [0.2, 0.25) is 0 Å². The summed E-state index contributed by atoms with van der Waals surface area (Å²) in [5, 5.41) is 6.05. The van der Waals surface area contributed by atoms with Gasteiger partial charge in [-0.25, -0.2) is 4.98 Å². The Morgan fingerprint density at radius 2 is 2.16 bits per heavy atom. The molecule has 4 heteroatoms. The fraction of sp³-hybridized carbons (Fsp3) is 0.600. The van der Waals surface area contributed by atoms with Gasteiger partial charge in [0.05, 0.1) is 5.56 Å². The lowest BCUT2D eigenvalue weighted by atomic mass is 10.1. The van der Waals surface area contributed by atoms with Crippen LogP contribution in [-0.2, 0) is 0 Å². The lowest BCUT2D eigenvalue weighted by Gasteiger charge is -2.10. The van der Waals surface area contributed by atoms with E-state index in [0.717, 1.165) is 31.8 Å². The van der Waals surface area contributed by atoms with Gasteiger partial charge in [-0.05, 0) is 31.4 Å². The quantitative estimate of drug-likeness (QED) is 0.709. The molecule has 4 nitrogen and oxygen atoms in total. The SMILES string of the molecule is CCNc1ncccc1C(=O)NCCCCC(C)C. The van der Waals surface area contributed by atoms with Crippen molar-refractivity contribution in [1.82, 2.24) is 10.3 Å². The lowest BCUT2D eigenvalue weighted by Crippen LogP contribution is -2.25. The second-order valence-electron chi connectivity index (χ2n) is 5.08. The van der Waals surface area contributed by atoms with Crippen molar-refractivity contribution < 1.29 is 4.79 Å². The molecule has 1 aromatic heterocycles. The van der Waals surface area contributed by atoms with Crippen LogP contribution in [0.3, 0.4) is 0 Å². The summed E-state index contributed by atoms with van der Waals surface area (Å²) in [6, 6.07) is 3.59. The number of hydrogen-bond donors (Lipinski definition) is 2. The predicted molar refractivity (Wildman–Crippen MR) is 79.4 cm³/mol. The highest BCUT2D eigenvalue weighted by Gasteiger charge is 2.10. The highest BCUT2D eigenvalue weighted by Crippen LogP contribution is 2.11. The fourth-order valence-corrected chi connectivity index (χ4v) is 1.87. The average molecular weight is 263 g/mol. The van der Waals surface area contributed by atoms with E-state index in [0.29, 0.717) is 11.4 Å². The van der Waals surface area contributed by atoms with E-state index < -0.39 is 0 Å². The van der Waals surface area contributed by atoms with Crippen molar-refractivity contribution in [2.75, 3.05) is 18.4 Å². The number of rotatable bonds is 8. The van der Waals surface area contributed by atoms with Crippen LogP contribution in [0.25, 0.3) is 0 Å². The maximum absolute atomic E-state index is 12.0. The molecule has 0 aliphatic rings. The summed E-state index contributed by atoms with van der Waals surface area (Å²) in [5.41, 5.74) is 0.619. The number of pyridine rings is 1. The first-order valence-corrected chi connectivity index (χ1v) is 7.12. The smallest absolute Gasteiger partial charge is 0.255 e. The molecule has 0 aliphatic carbocycles. The van der Waals surface area contributed by atoms with Crippen LogP contribution < -0.4 is 10.6 Å². The number of aromatic nitrogens is 1. The van der Waals surface area contributed by atoms with E-state index in [-0.39, 0.29) is 5.91 Å². The molecule has 0 aliphatic heterocycles. The molecule has 0 fully saturated rings. The molecule has 1 rings (SSSR count). The zero-order valence-electron chi connectivity index (χ0n) is 12.2. The summed E-state index contributed by atoms with van der Waals surface area (Å²) < 4.78 is 0. The van der Waals surface area contributed by atoms with Crippen molar-refractivity contribution in [2.24, 2.45) is 5.92 Å². The Morgan fingerprint density at radius 3 is 2.84 bits per heavy atom. The zero-order valence-corrected chi connectivity index (χ0v) is 12.2. The first-order chi connectivity index (χ1) is 9.15. The van der Waals surface area contributed by atoms with Crippen LogP contribution in [0.15, 0.2) is 18.3 Å². The topological polar surface area (TPSA) is 54.0 Å². The summed E-state index contributed by atoms with van der Waals surface area (Å²) in [6.07, 6.45) is 5.09. The van der Waals surface area contributed by atoms with Gasteiger partial charge in [-0.2, -0.15) is 0 Å². The summed E-state index contributed by atoms with van der Waals surface area (Å²) in [6.45, 7) is 7.91. The molecule has 0 bridgehead atoms. The van der Waals surface area contributed by atoms with Crippen LogP contribution >= 0.6 is 0 Å². The Morgan fingerprint density at radius 1 is 1.37 bits per heavy atom. The summed E-state index contributed by atoms with van der Waals surface area (Å²) >= 11 is 0. The molecule has 19 heavy (non-hydrogen) atoms. The summed E-state index contributed by atoms with van der Waals surface area (Å²) in [7, 11) is 0. The van der Waals surface area contributed by atoms with Gasteiger partial charge in [0.15, 0.2) is 0 Å². The first-order valence-electron chi connectivity index (χ1n) is 7.12. The Bertz CT molecular complexity index is 391. The molecular formula is C15H25N3O. The Balaban J connectivity index is 2.41. The zero-order chi connectivity index (χ0) is 14.1. The number of hydrogen-bond acceptors (Lipinski definition) is 3. The highest BCUT2D eigenvalue weighted by molar-refractivity contribution is 5.98. The summed E-state index contributed by atoms with van der Waals surface area (Å²) in [4.78, 5) is 16.2. The van der Waals surface area contributed by atoms with E-state index in [1.54, 1.807) is 18.3 Å². The van der Waals surface area contributed by atoms with Crippen molar-refractivity contribution in [3.63, 3.8) is 0 Å². The van der Waals surface area contributed by atoms with Gasteiger partial charge in [0.25, 0.3) is 5.91 Å². The molecule has 2 N–H and O–H groups in total. The monoisotopic (exact) mass is 263 g/mol. The minimum atomic E-state index is -0.0476. The van der Waals surface area contributed by atoms with Crippen molar-refractivity contribution >= 4 is 11.7 Å². The van der Waals surface area contributed by atoms with E-state index in [4.69, 9.17) is 0 Å². The van der Waals surface area contributed by atoms with Gasteiger partial charge < -0.3 is 10.6 Å². The number of nitrogens with one attached hydrogen (secondary N) is 2. The van der Waals surface area contributed by atoms with Gasteiger partial charge in [-0.3, -0.25) is 4.79 Å². The molecule has 0 unspecified atom stereocenters. The number of carbonyl (C=O) groups is 1. The molecule has 1 aromatic rings. The lowest BCUT2D eigenvalue weighted by molar-refractivity contribution is 0.0953. The van der Waals surface area contributed by atoms with Crippen molar-refractivity contribution in [3.8, 4) is 0 Å². The summed E-state index contributed by atoms with van der Waals surface area (Å²) in [5.74, 6) is 1.34. The van der Waals surface area contributed by atoms with Crippen LogP contribution in [0.5, 0.6) is 0 Å². The van der Waals surface area contributed by atoms with Crippen molar-refractivity contribution in [1.29, 1.82) is 0 Å². The molecule has 0 aromatic carbocycles. The third-order valence-electron chi connectivity index (χ3n) is 2.89. The van der Waals surface area contributed by atoms with Crippen molar-refractivity contribution in [3.05, 3.63) is 23.9 Å². The van der Waals surface area contributed by atoms with E-state index in [2.05, 4.69) is 29.5 Å². The largest absolute Gasteiger partial charge is 0.370 e. The number of anilines is 1. The predicted octanol–water partition coefficient (Wildman–Crippen LogP) is 3.07. The van der Waals surface area contributed by atoms with Gasteiger partial charge in [0, 0.05) is 19.3 Å². The van der Waals surface area contributed by atoms with E-state index in [9.17, 15) is 4.79 Å². The Kier molecular flexibility index (Phi) is 6.93. The second kappa shape index (κ2) is 8.51. The van der Waals surface area contributed by atoms with Crippen LogP contribution in [0.1, 0.15) is 50.4 Å². The Hall–Kier alpha value is -1.58. The van der Waals surface area contributed by atoms with Crippen LogP contribution in [0.4, 0.5) is 5.82 Å². The van der Waals surface area contributed by atoms with Gasteiger partial charge >= 0.3 is 0 Å². The maximum atomic E-state index is 12.0. The second-order valence-corrected chi connectivity index (χ2v) is 5.08.